The molecule has 2 atom stereocenters. The molecule has 0 aromatic carbocycles. The number of carbonyl (C=O) groups is 2. The lowest BCUT2D eigenvalue weighted by molar-refractivity contribution is -0.870. The molecule has 0 spiro atoms. The minimum atomic E-state index is -4.39. The quantitative estimate of drug-likeness (QED) is 0.0212. The monoisotopic (exact) mass is 889 g/mol. The van der Waals surface area contributed by atoms with Gasteiger partial charge >= 0.3 is 19.8 Å². The van der Waals surface area contributed by atoms with E-state index in [1.807, 2.05) is 21.1 Å². The van der Waals surface area contributed by atoms with Crippen molar-refractivity contribution in [2.24, 2.45) is 0 Å². The summed E-state index contributed by atoms with van der Waals surface area (Å²) in [6, 6.07) is 0. The van der Waals surface area contributed by atoms with Crippen LogP contribution in [0.1, 0.15) is 181 Å². The maximum Gasteiger partial charge on any atom is 0.472 e. The summed E-state index contributed by atoms with van der Waals surface area (Å²) >= 11 is 0. The summed E-state index contributed by atoms with van der Waals surface area (Å²) in [6.07, 6.45) is 56.3. The molecule has 9 nitrogen and oxygen atoms in total. The van der Waals surface area contributed by atoms with Crippen molar-refractivity contribution in [1.82, 2.24) is 0 Å². The van der Waals surface area contributed by atoms with Crippen molar-refractivity contribution in [3.63, 3.8) is 0 Å². The Kier molecular flexibility index (Phi) is 41.5. The summed E-state index contributed by atoms with van der Waals surface area (Å²) in [6.45, 7) is 4.24. The molecule has 0 aromatic rings. The number of ether oxygens (including phenoxy) is 2. The van der Waals surface area contributed by atoms with Gasteiger partial charge in [-0.2, -0.15) is 0 Å². The van der Waals surface area contributed by atoms with E-state index in [0.717, 1.165) is 89.9 Å². The van der Waals surface area contributed by atoms with Gasteiger partial charge in [-0.05, 0) is 89.9 Å². The number of rotatable bonds is 43. The van der Waals surface area contributed by atoms with E-state index in [1.54, 1.807) is 0 Å². The maximum atomic E-state index is 12.7. The second-order valence-corrected chi connectivity index (χ2v) is 18.6. The van der Waals surface area contributed by atoms with Gasteiger partial charge in [0.15, 0.2) is 6.10 Å². The Bertz CT molecular complexity index is 1330. The number of esters is 2. The first-order chi connectivity index (χ1) is 30.0. The Morgan fingerprint density at radius 3 is 1.37 bits per heavy atom. The highest BCUT2D eigenvalue weighted by Crippen LogP contribution is 2.43. The topological polar surface area (TPSA) is 108 Å². The highest BCUT2D eigenvalue weighted by molar-refractivity contribution is 7.47. The Morgan fingerprint density at radius 1 is 0.516 bits per heavy atom. The largest absolute Gasteiger partial charge is 0.472 e. The SMILES string of the molecule is CC/C=C\C/C=C\C/C=C\C/C=C\CCCCCCC(=O)OC(COC(=O)CCCCCCCC/C=C\C/C=C\C/C=C\CCCCCCC)COP(=O)(O)OCC[N+](C)(C)C. The summed E-state index contributed by atoms with van der Waals surface area (Å²) in [5.74, 6) is -0.847. The number of quaternary nitrogens is 1. The minimum Gasteiger partial charge on any atom is -0.462 e. The first kappa shape index (κ1) is 59.2. The third-order valence-corrected chi connectivity index (χ3v) is 10.9. The second kappa shape index (κ2) is 43.4. The molecule has 0 fully saturated rings. The molecule has 1 N–H and O–H groups in total. The lowest BCUT2D eigenvalue weighted by Crippen LogP contribution is -2.37. The van der Waals surface area contributed by atoms with Gasteiger partial charge in [-0.15, -0.1) is 0 Å². The zero-order valence-corrected chi connectivity index (χ0v) is 41.0. The predicted octanol–water partition coefficient (Wildman–Crippen LogP) is 14.4. The van der Waals surface area contributed by atoms with Crippen LogP contribution < -0.4 is 0 Å². The van der Waals surface area contributed by atoms with Crippen LogP contribution in [0.4, 0.5) is 0 Å². The number of allylic oxidation sites excluding steroid dienone is 14. The Labute approximate surface area is 380 Å². The fraction of sp³-hybridized carbons (Fsp3) is 0.692. The molecule has 2 unspecified atom stereocenters. The molecule has 0 radical (unpaired) electrons. The van der Waals surface area contributed by atoms with E-state index >= 15 is 0 Å². The van der Waals surface area contributed by atoms with Crippen LogP contribution in [0.15, 0.2) is 85.1 Å². The number of likely N-dealkylation sites (N-methyl/N-ethyl adjacent to an activating group) is 1. The van der Waals surface area contributed by atoms with Gasteiger partial charge in [0.1, 0.15) is 19.8 Å². The standard InChI is InChI=1S/C52H90NO8P/c1-6-8-10-12-14-16-18-20-22-24-25-26-27-29-30-32-34-36-38-40-42-44-51(54)58-48-50(49-60-62(56,57)59-47-46-53(3,4)5)61-52(55)45-43-41-39-37-35-33-31-28-23-21-19-17-15-13-11-9-7-2/h9,11,15,17-18,20-21,23-25,27,29,31,33,50H,6-8,10,12-14,16,19,22,26,28,30,32,34-49H2,1-5H3/p+1/b11-9-,17-15-,20-18-,23-21-,25-24-,29-27-,33-31-. The summed E-state index contributed by atoms with van der Waals surface area (Å²) in [4.78, 5) is 35.5. The molecule has 0 aliphatic heterocycles. The number of carbonyl (C=O) groups excluding carboxylic acids is 2. The van der Waals surface area contributed by atoms with Gasteiger partial charge in [-0.25, -0.2) is 4.57 Å². The van der Waals surface area contributed by atoms with Gasteiger partial charge in [0, 0.05) is 12.8 Å². The summed E-state index contributed by atoms with van der Waals surface area (Å²) in [5.41, 5.74) is 0. The molecule has 0 amide bonds. The number of unbranched alkanes of at least 4 members (excludes halogenated alkanes) is 15. The average Bonchev–Trinajstić information content (AvgIpc) is 3.23. The highest BCUT2D eigenvalue weighted by Gasteiger charge is 2.27. The second-order valence-electron chi connectivity index (χ2n) is 17.1. The van der Waals surface area contributed by atoms with Gasteiger partial charge in [-0.1, -0.05) is 163 Å². The molecule has 0 rings (SSSR count). The molecule has 10 heteroatoms. The van der Waals surface area contributed by atoms with Gasteiger partial charge in [0.05, 0.1) is 27.7 Å². The van der Waals surface area contributed by atoms with E-state index in [2.05, 4.69) is 98.9 Å². The third-order valence-electron chi connectivity index (χ3n) is 9.91. The number of phosphoric ester groups is 1. The van der Waals surface area contributed by atoms with E-state index < -0.39 is 32.5 Å². The predicted molar refractivity (Wildman–Crippen MR) is 261 cm³/mol. The van der Waals surface area contributed by atoms with E-state index in [0.29, 0.717) is 23.9 Å². The van der Waals surface area contributed by atoms with E-state index in [-0.39, 0.29) is 26.1 Å². The maximum absolute atomic E-state index is 12.7. The number of hydrogen-bond acceptors (Lipinski definition) is 7. The van der Waals surface area contributed by atoms with Crippen molar-refractivity contribution in [2.45, 2.75) is 187 Å². The zero-order valence-electron chi connectivity index (χ0n) is 40.1. The van der Waals surface area contributed by atoms with Crippen LogP contribution in [0, 0.1) is 0 Å². The van der Waals surface area contributed by atoms with Crippen molar-refractivity contribution < 1.29 is 42.1 Å². The Balaban J connectivity index is 4.37. The van der Waals surface area contributed by atoms with Gasteiger partial charge in [0.25, 0.3) is 0 Å². The molecule has 0 saturated carbocycles. The lowest BCUT2D eigenvalue weighted by atomic mass is 10.1. The highest BCUT2D eigenvalue weighted by atomic mass is 31.2. The average molecular weight is 889 g/mol. The molecule has 356 valence electrons. The number of nitrogens with zero attached hydrogens (tertiary/aromatic N) is 1. The van der Waals surface area contributed by atoms with Crippen LogP contribution in [-0.4, -0.2) is 74.9 Å². The molecule has 0 bridgehead atoms. The first-order valence-corrected chi connectivity index (χ1v) is 25.8. The van der Waals surface area contributed by atoms with Crippen LogP contribution in [0.2, 0.25) is 0 Å². The minimum absolute atomic E-state index is 0.0195. The van der Waals surface area contributed by atoms with E-state index in [9.17, 15) is 19.0 Å². The summed E-state index contributed by atoms with van der Waals surface area (Å²) in [5, 5.41) is 0. The van der Waals surface area contributed by atoms with Crippen molar-refractivity contribution in [2.75, 3.05) is 47.5 Å². The summed E-state index contributed by atoms with van der Waals surface area (Å²) < 4.78 is 34.4. The molecular formula is C52H91NO8P+. The molecular weight excluding hydrogens is 798 g/mol. The fourth-order valence-electron chi connectivity index (χ4n) is 6.13. The third kappa shape index (κ3) is 46.7. The smallest absolute Gasteiger partial charge is 0.462 e. The van der Waals surface area contributed by atoms with Crippen LogP contribution in [-0.2, 0) is 32.7 Å². The molecule has 0 aromatic heterocycles. The zero-order chi connectivity index (χ0) is 45.7. The Morgan fingerprint density at radius 2 is 0.919 bits per heavy atom. The molecule has 0 aliphatic rings. The van der Waals surface area contributed by atoms with Gasteiger partial charge in [-0.3, -0.25) is 18.6 Å². The fourth-order valence-corrected chi connectivity index (χ4v) is 6.87. The van der Waals surface area contributed by atoms with Gasteiger partial charge < -0.3 is 18.9 Å². The summed E-state index contributed by atoms with van der Waals surface area (Å²) in [7, 11) is 1.44. The van der Waals surface area contributed by atoms with Crippen molar-refractivity contribution in [3.05, 3.63) is 85.1 Å². The molecule has 0 saturated heterocycles. The number of phosphoric acid groups is 1. The van der Waals surface area contributed by atoms with Crippen molar-refractivity contribution >= 4 is 19.8 Å². The Hall–Kier alpha value is -2.81. The van der Waals surface area contributed by atoms with Crippen LogP contribution >= 0.6 is 7.82 Å². The van der Waals surface area contributed by atoms with Gasteiger partial charge in [0.2, 0.25) is 0 Å². The van der Waals surface area contributed by atoms with Crippen LogP contribution in [0.5, 0.6) is 0 Å². The van der Waals surface area contributed by atoms with Crippen molar-refractivity contribution in [3.8, 4) is 0 Å². The number of hydrogen-bond donors (Lipinski definition) is 1. The van der Waals surface area contributed by atoms with Crippen molar-refractivity contribution in [1.29, 1.82) is 0 Å². The van der Waals surface area contributed by atoms with Crippen LogP contribution in [0.3, 0.4) is 0 Å². The molecule has 62 heavy (non-hydrogen) atoms. The molecule has 0 heterocycles. The van der Waals surface area contributed by atoms with E-state index in [4.69, 9.17) is 18.5 Å². The van der Waals surface area contributed by atoms with Crippen LogP contribution in [0.25, 0.3) is 0 Å². The first-order valence-electron chi connectivity index (χ1n) is 24.3. The lowest BCUT2D eigenvalue weighted by Gasteiger charge is -2.24. The molecule has 0 aliphatic carbocycles. The van der Waals surface area contributed by atoms with E-state index in [1.165, 1.54) is 51.4 Å². The normalized spacial score (nSPS) is 14.2.